The molecule has 0 aliphatic carbocycles. The largest absolute Gasteiger partial charge is 0.341 e. The number of halogens is 1. The minimum atomic E-state index is -3.79. The fourth-order valence-corrected chi connectivity index (χ4v) is 4.25. The van der Waals surface area contributed by atoms with Gasteiger partial charge in [0.2, 0.25) is 10.0 Å². The van der Waals surface area contributed by atoms with Crippen LogP contribution in [0.3, 0.4) is 0 Å². The van der Waals surface area contributed by atoms with Gasteiger partial charge in [0.15, 0.2) is 0 Å². The molecule has 1 aliphatic heterocycles. The van der Waals surface area contributed by atoms with Gasteiger partial charge in [-0.3, -0.25) is 4.79 Å². The van der Waals surface area contributed by atoms with Crippen LogP contribution in [-0.4, -0.2) is 27.9 Å². The Morgan fingerprint density at radius 1 is 1.03 bits per heavy atom. The second kappa shape index (κ2) is 7.89. The van der Waals surface area contributed by atoms with Crippen molar-refractivity contribution in [1.29, 1.82) is 0 Å². The summed E-state index contributed by atoms with van der Waals surface area (Å²) in [6.07, 6.45) is 0.972. The fourth-order valence-electron chi connectivity index (χ4n) is 3.49. The number of amides is 1. The van der Waals surface area contributed by atoms with Crippen molar-refractivity contribution >= 4 is 33.0 Å². The van der Waals surface area contributed by atoms with Crippen molar-refractivity contribution in [3.8, 4) is 0 Å². The molecule has 2 N–H and O–H groups in total. The number of carbonyl (C=O) groups is 1. The molecule has 0 fully saturated rings. The van der Waals surface area contributed by atoms with Gasteiger partial charge in [0.05, 0.1) is 10.5 Å². The van der Waals surface area contributed by atoms with Crippen LogP contribution >= 0.6 is 0 Å². The lowest BCUT2D eigenvalue weighted by Gasteiger charge is -2.20. The standard InChI is InChI=1S/C22H20FN3O3S/c1-24-30(28,29)18-10-11-20(23)19(14-18)22(27)25-16-6-8-17(9-7-16)26-13-12-15-4-2-3-5-21(15)26/h2-11,14,24H,12-13H2,1H3,(H,25,27). The molecule has 0 spiro atoms. The molecule has 0 bridgehead atoms. The maximum atomic E-state index is 14.1. The van der Waals surface area contributed by atoms with E-state index in [0.29, 0.717) is 5.69 Å². The highest BCUT2D eigenvalue weighted by Gasteiger charge is 2.21. The van der Waals surface area contributed by atoms with Crippen LogP contribution in [-0.2, 0) is 16.4 Å². The number of rotatable bonds is 5. The van der Waals surface area contributed by atoms with Crippen LogP contribution in [0.25, 0.3) is 0 Å². The van der Waals surface area contributed by atoms with E-state index < -0.39 is 21.7 Å². The topological polar surface area (TPSA) is 78.5 Å². The third-order valence-corrected chi connectivity index (χ3v) is 6.50. The molecule has 1 amide bonds. The Labute approximate surface area is 174 Å². The van der Waals surface area contributed by atoms with E-state index >= 15 is 0 Å². The average molecular weight is 425 g/mol. The molecule has 154 valence electrons. The highest BCUT2D eigenvalue weighted by Crippen LogP contribution is 2.34. The summed E-state index contributed by atoms with van der Waals surface area (Å²) in [6, 6.07) is 18.6. The molecule has 0 saturated heterocycles. The maximum absolute atomic E-state index is 14.1. The van der Waals surface area contributed by atoms with Gasteiger partial charge in [0.25, 0.3) is 5.91 Å². The molecule has 30 heavy (non-hydrogen) atoms. The van der Waals surface area contributed by atoms with E-state index in [1.807, 2.05) is 24.3 Å². The van der Waals surface area contributed by atoms with Gasteiger partial charge in [0, 0.05) is 23.6 Å². The zero-order valence-electron chi connectivity index (χ0n) is 16.2. The first-order valence-electron chi connectivity index (χ1n) is 9.39. The monoisotopic (exact) mass is 425 g/mol. The quantitative estimate of drug-likeness (QED) is 0.654. The van der Waals surface area contributed by atoms with Gasteiger partial charge < -0.3 is 10.2 Å². The zero-order chi connectivity index (χ0) is 21.3. The third kappa shape index (κ3) is 3.79. The van der Waals surface area contributed by atoms with Gasteiger partial charge in [-0.05, 0) is 67.6 Å². The average Bonchev–Trinajstić information content (AvgIpc) is 3.18. The Hall–Kier alpha value is -3.23. The van der Waals surface area contributed by atoms with Gasteiger partial charge in [-0.25, -0.2) is 17.5 Å². The van der Waals surface area contributed by atoms with Crippen LogP contribution in [0.15, 0.2) is 71.6 Å². The number of benzene rings is 3. The molecule has 1 heterocycles. The summed E-state index contributed by atoms with van der Waals surface area (Å²) in [5.41, 5.74) is 3.59. The molecule has 4 rings (SSSR count). The van der Waals surface area contributed by atoms with Crippen LogP contribution < -0.4 is 14.9 Å². The van der Waals surface area contributed by atoms with E-state index in [2.05, 4.69) is 27.1 Å². The molecule has 6 nitrogen and oxygen atoms in total. The predicted octanol–water partition coefficient (Wildman–Crippen LogP) is 3.68. The first kappa shape index (κ1) is 20.1. The number of nitrogens with one attached hydrogen (secondary N) is 2. The van der Waals surface area contributed by atoms with Crippen LogP contribution in [0, 0.1) is 5.82 Å². The van der Waals surface area contributed by atoms with Gasteiger partial charge in [-0.1, -0.05) is 18.2 Å². The molecule has 1 aliphatic rings. The molecular weight excluding hydrogens is 405 g/mol. The summed E-state index contributed by atoms with van der Waals surface area (Å²) >= 11 is 0. The van der Waals surface area contributed by atoms with Crippen molar-refractivity contribution < 1.29 is 17.6 Å². The van der Waals surface area contributed by atoms with E-state index in [9.17, 15) is 17.6 Å². The summed E-state index contributed by atoms with van der Waals surface area (Å²) in [4.78, 5) is 14.6. The van der Waals surface area contributed by atoms with E-state index in [-0.39, 0.29) is 10.5 Å². The molecule has 0 atom stereocenters. The van der Waals surface area contributed by atoms with Crippen LogP contribution in [0.5, 0.6) is 0 Å². The third-order valence-electron chi connectivity index (χ3n) is 5.09. The number of para-hydroxylation sites is 1. The number of hydrogen-bond donors (Lipinski definition) is 2. The Morgan fingerprint density at radius 2 is 1.77 bits per heavy atom. The minimum absolute atomic E-state index is 0.181. The molecule has 3 aromatic carbocycles. The highest BCUT2D eigenvalue weighted by molar-refractivity contribution is 7.89. The Balaban J connectivity index is 1.53. The van der Waals surface area contributed by atoms with Crippen LogP contribution in [0.2, 0.25) is 0 Å². The van der Waals surface area contributed by atoms with Crippen molar-refractivity contribution in [3.05, 3.63) is 83.7 Å². The molecule has 0 saturated carbocycles. The SMILES string of the molecule is CNS(=O)(=O)c1ccc(F)c(C(=O)Nc2ccc(N3CCc4ccccc43)cc2)c1. The molecule has 3 aromatic rings. The zero-order valence-corrected chi connectivity index (χ0v) is 17.0. The summed E-state index contributed by atoms with van der Waals surface area (Å²) in [5.74, 6) is -1.52. The summed E-state index contributed by atoms with van der Waals surface area (Å²) in [6.45, 7) is 0.878. The Kier molecular flexibility index (Phi) is 5.27. The predicted molar refractivity (Wildman–Crippen MR) is 114 cm³/mol. The molecular formula is C22H20FN3O3S. The number of fused-ring (bicyclic) bond motifs is 1. The van der Waals surface area contributed by atoms with Crippen molar-refractivity contribution in [1.82, 2.24) is 4.72 Å². The van der Waals surface area contributed by atoms with Gasteiger partial charge in [-0.15, -0.1) is 0 Å². The van der Waals surface area contributed by atoms with Crippen molar-refractivity contribution in [3.63, 3.8) is 0 Å². The number of sulfonamides is 1. The van der Waals surface area contributed by atoms with E-state index in [1.54, 1.807) is 12.1 Å². The lowest BCUT2D eigenvalue weighted by molar-refractivity contribution is 0.102. The summed E-state index contributed by atoms with van der Waals surface area (Å²) in [7, 11) is -2.54. The van der Waals surface area contributed by atoms with E-state index in [4.69, 9.17) is 0 Å². The van der Waals surface area contributed by atoms with E-state index in [0.717, 1.165) is 36.9 Å². The van der Waals surface area contributed by atoms with Crippen molar-refractivity contribution in [2.24, 2.45) is 0 Å². The summed E-state index contributed by atoms with van der Waals surface area (Å²) in [5, 5.41) is 2.62. The fraction of sp³-hybridized carbons (Fsp3) is 0.136. The first-order valence-corrected chi connectivity index (χ1v) is 10.9. The van der Waals surface area contributed by atoms with Crippen molar-refractivity contribution in [2.75, 3.05) is 23.8 Å². The van der Waals surface area contributed by atoms with Crippen LogP contribution in [0.1, 0.15) is 15.9 Å². The van der Waals surface area contributed by atoms with Crippen molar-refractivity contribution in [2.45, 2.75) is 11.3 Å². The first-order chi connectivity index (χ1) is 14.4. The normalized spacial score (nSPS) is 13.2. The lowest BCUT2D eigenvalue weighted by Crippen LogP contribution is -2.20. The maximum Gasteiger partial charge on any atom is 0.258 e. The second-order valence-electron chi connectivity index (χ2n) is 6.88. The Bertz CT molecular complexity index is 1210. The van der Waals surface area contributed by atoms with E-state index in [1.165, 1.54) is 18.3 Å². The Morgan fingerprint density at radius 3 is 2.50 bits per heavy atom. The van der Waals surface area contributed by atoms with Gasteiger partial charge in [0.1, 0.15) is 5.82 Å². The summed E-state index contributed by atoms with van der Waals surface area (Å²) < 4.78 is 40.1. The number of anilines is 3. The van der Waals surface area contributed by atoms with Crippen LogP contribution in [0.4, 0.5) is 21.5 Å². The number of hydrogen-bond acceptors (Lipinski definition) is 4. The second-order valence-corrected chi connectivity index (χ2v) is 8.77. The molecule has 0 radical (unpaired) electrons. The molecule has 8 heteroatoms. The minimum Gasteiger partial charge on any atom is -0.341 e. The lowest BCUT2D eigenvalue weighted by atomic mass is 10.1. The van der Waals surface area contributed by atoms with Gasteiger partial charge >= 0.3 is 0 Å². The number of carbonyl (C=O) groups excluding carboxylic acids is 1. The molecule has 0 unspecified atom stereocenters. The highest BCUT2D eigenvalue weighted by atomic mass is 32.2. The molecule has 0 aromatic heterocycles. The smallest absolute Gasteiger partial charge is 0.258 e. The number of nitrogens with zero attached hydrogens (tertiary/aromatic N) is 1. The van der Waals surface area contributed by atoms with Gasteiger partial charge in [-0.2, -0.15) is 0 Å².